The molecule has 0 amide bonds. The molecule has 1 rings (SSSR count). The Morgan fingerprint density at radius 2 is 2.09 bits per heavy atom. The fourth-order valence-electron chi connectivity index (χ4n) is 1.39. The van der Waals surface area contributed by atoms with Gasteiger partial charge in [-0.05, 0) is 18.9 Å². The standard InChI is InChI=1S/C9H17NO/c1-9(2,3)8(11)7-4-6(7)5-10/h6-7H,4-5,10H2,1-3H3/t6-,7-/m1/s1. The highest BCUT2D eigenvalue weighted by Gasteiger charge is 2.45. The number of hydrogen-bond acceptors (Lipinski definition) is 2. The van der Waals surface area contributed by atoms with E-state index in [0.29, 0.717) is 18.2 Å². The lowest BCUT2D eigenvalue weighted by molar-refractivity contribution is -0.127. The summed E-state index contributed by atoms with van der Waals surface area (Å²) in [6.45, 7) is 6.59. The van der Waals surface area contributed by atoms with Crippen LogP contribution in [-0.2, 0) is 4.79 Å². The lowest BCUT2D eigenvalue weighted by Crippen LogP contribution is -2.23. The van der Waals surface area contributed by atoms with Crippen LogP contribution < -0.4 is 5.73 Å². The Morgan fingerprint density at radius 3 is 2.36 bits per heavy atom. The van der Waals surface area contributed by atoms with Crippen molar-refractivity contribution in [1.82, 2.24) is 0 Å². The molecule has 0 saturated heterocycles. The van der Waals surface area contributed by atoms with Gasteiger partial charge in [0.05, 0.1) is 0 Å². The lowest BCUT2D eigenvalue weighted by atomic mass is 9.87. The van der Waals surface area contributed by atoms with Gasteiger partial charge in [0.1, 0.15) is 5.78 Å². The van der Waals surface area contributed by atoms with Gasteiger partial charge in [-0.25, -0.2) is 0 Å². The van der Waals surface area contributed by atoms with Crippen molar-refractivity contribution in [2.24, 2.45) is 23.0 Å². The van der Waals surface area contributed by atoms with Crippen LogP contribution in [0.25, 0.3) is 0 Å². The second-order valence-corrected chi connectivity index (χ2v) is 4.45. The molecule has 0 aromatic heterocycles. The number of rotatable bonds is 2. The summed E-state index contributed by atoms with van der Waals surface area (Å²) in [5.74, 6) is 1.15. The first-order valence-electron chi connectivity index (χ1n) is 4.21. The molecule has 2 nitrogen and oxygen atoms in total. The van der Waals surface area contributed by atoms with E-state index in [4.69, 9.17) is 5.73 Å². The van der Waals surface area contributed by atoms with Crippen LogP contribution in [0.15, 0.2) is 0 Å². The molecule has 0 aliphatic heterocycles. The van der Waals surface area contributed by atoms with Crippen molar-refractivity contribution in [3.05, 3.63) is 0 Å². The lowest BCUT2D eigenvalue weighted by Gasteiger charge is -2.15. The summed E-state index contributed by atoms with van der Waals surface area (Å²) in [6.07, 6.45) is 1.02. The molecule has 11 heavy (non-hydrogen) atoms. The van der Waals surface area contributed by atoms with Crippen LogP contribution in [0.1, 0.15) is 27.2 Å². The summed E-state index contributed by atoms with van der Waals surface area (Å²) in [4.78, 5) is 11.5. The first-order chi connectivity index (χ1) is 4.96. The van der Waals surface area contributed by atoms with Crippen LogP contribution in [0.2, 0.25) is 0 Å². The topological polar surface area (TPSA) is 43.1 Å². The number of carbonyl (C=O) groups excluding carboxylic acids is 1. The number of nitrogens with two attached hydrogens (primary N) is 1. The third-order valence-corrected chi connectivity index (χ3v) is 2.30. The third kappa shape index (κ3) is 1.80. The molecule has 1 saturated carbocycles. The Bertz CT molecular complexity index is 169. The fraction of sp³-hybridized carbons (Fsp3) is 0.889. The van der Waals surface area contributed by atoms with Crippen LogP contribution in [0.3, 0.4) is 0 Å². The van der Waals surface area contributed by atoms with Crippen LogP contribution in [-0.4, -0.2) is 12.3 Å². The quantitative estimate of drug-likeness (QED) is 0.651. The Hall–Kier alpha value is -0.370. The molecule has 1 aliphatic rings. The first-order valence-corrected chi connectivity index (χ1v) is 4.21. The SMILES string of the molecule is CC(C)(C)C(=O)[C@@H]1C[C@@H]1CN. The van der Waals surface area contributed by atoms with Crippen molar-refractivity contribution < 1.29 is 4.79 Å². The van der Waals surface area contributed by atoms with Crippen molar-refractivity contribution in [2.75, 3.05) is 6.54 Å². The van der Waals surface area contributed by atoms with E-state index in [9.17, 15) is 4.79 Å². The third-order valence-electron chi connectivity index (χ3n) is 2.30. The summed E-state index contributed by atoms with van der Waals surface area (Å²) in [7, 11) is 0. The van der Waals surface area contributed by atoms with Gasteiger partial charge in [0, 0.05) is 11.3 Å². The molecule has 64 valence electrons. The maximum atomic E-state index is 11.5. The van der Waals surface area contributed by atoms with E-state index >= 15 is 0 Å². The monoisotopic (exact) mass is 155 g/mol. The van der Waals surface area contributed by atoms with Crippen LogP contribution in [0, 0.1) is 17.3 Å². The highest BCUT2D eigenvalue weighted by molar-refractivity contribution is 5.88. The molecule has 0 spiro atoms. The second kappa shape index (κ2) is 2.59. The van der Waals surface area contributed by atoms with Gasteiger partial charge in [0.2, 0.25) is 0 Å². The van der Waals surface area contributed by atoms with Gasteiger partial charge in [0.15, 0.2) is 0 Å². The molecule has 1 fully saturated rings. The van der Waals surface area contributed by atoms with Gasteiger partial charge in [-0.15, -0.1) is 0 Å². The molecule has 0 radical (unpaired) electrons. The van der Waals surface area contributed by atoms with Crippen LogP contribution >= 0.6 is 0 Å². The molecule has 0 unspecified atom stereocenters. The highest BCUT2D eigenvalue weighted by atomic mass is 16.1. The fourth-order valence-corrected chi connectivity index (χ4v) is 1.39. The van der Waals surface area contributed by atoms with Gasteiger partial charge in [-0.2, -0.15) is 0 Å². The molecule has 2 atom stereocenters. The van der Waals surface area contributed by atoms with Crippen molar-refractivity contribution in [1.29, 1.82) is 0 Å². The smallest absolute Gasteiger partial charge is 0.141 e. The van der Waals surface area contributed by atoms with Gasteiger partial charge in [0.25, 0.3) is 0 Å². The zero-order valence-corrected chi connectivity index (χ0v) is 7.55. The minimum Gasteiger partial charge on any atom is -0.330 e. The summed E-state index contributed by atoms with van der Waals surface area (Å²) in [5, 5.41) is 0. The van der Waals surface area contributed by atoms with E-state index in [0.717, 1.165) is 6.42 Å². The zero-order chi connectivity index (χ0) is 8.65. The Kier molecular flexibility index (Phi) is 2.06. The molecule has 0 bridgehead atoms. The van der Waals surface area contributed by atoms with E-state index in [-0.39, 0.29) is 11.3 Å². The number of carbonyl (C=O) groups is 1. The molecular weight excluding hydrogens is 138 g/mol. The van der Waals surface area contributed by atoms with Crippen LogP contribution in [0.4, 0.5) is 0 Å². The maximum Gasteiger partial charge on any atom is 0.141 e. The summed E-state index contributed by atoms with van der Waals surface area (Å²) in [6, 6.07) is 0. The molecule has 0 aromatic carbocycles. The van der Waals surface area contributed by atoms with Crippen molar-refractivity contribution >= 4 is 5.78 Å². The van der Waals surface area contributed by atoms with Gasteiger partial charge in [-0.3, -0.25) is 4.79 Å². The Balaban J connectivity index is 2.46. The van der Waals surface area contributed by atoms with E-state index in [1.165, 1.54) is 0 Å². The Morgan fingerprint density at radius 1 is 1.55 bits per heavy atom. The molecule has 1 aliphatic carbocycles. The van der Waals surface area contributed by atoms with Crippen molar-refractivity contribution in [2.45, 2.75) is 27.2 Å². The Labute approximate surface area is 68.2 Å². The maximum absolute atomic E-state index is 11.5. The zero-order valence-electron chi connectivity index (χ0n) is 7.55. The average molecular weight is 155 g/mol. The van der Waals surface area contributed by atoms with E-state index in [1.807, 2.05) is 20.8 Å². The molecular formula is C9H17NO. The predicted octanol–water partition coefficient (Wildman–Crippen LogP) is 1.20. The summed E-state index contributed by atoms with van der Waals surface area (Å²) >= 11 is 0. The minimum atomic E-state index is -0.172. The van der Waals surface area contributed by atoms with Crippen LogP contribution in [0.5, 0.6) is 0 Å². The van der Waals surface area contributed by atoms with Gasteiger partial charge < -0.3 is 5.73 Å². The first kappa shape index (κ1) is 8.72. The highest BCUT2D eigenvalue weighted by Crippen LogP contribution is 2.42. The van der Waals surface area contributed by atoms with Crippen molar-refractivity contribution in [3.63, 3.8) is 0 Å². The molecule has 2 N–H and O–H groups in total. The second-order valence-electron chi connectivity index (χ2n) is 4.45. The summed E-state index contributed by atoms with van der Waals surface area (Å²) in [5.41, 5.74) is 5.28. The van der Waals surface area contributed by atoms with Crippen molar-refractivity contribution in [3.8, 4) is 0 Å². The molecule has 0 heterocycles. The number of Topliss-reactive ketones (excluding diaryl/α,β-unsaturated/α-hetero) is 1. The molecule has 2 heteroatoms. The molecule has 0 aromatic rings. The van der Waals surface area contributed by atoms with E-state index < -0.39 is 0 Å². The van der Waals surface area contributed by atoms with E-state index in [1.54, 1.807) is 0 Å². The number of ketones is 1. The normalized spacial score (nSPS) is 30.2. The summed E-state index contributed by atoms with van der Waals surface area (Å²) < 4.78 is 0. The largest absolute Gasteiger partial charge is 0.330 e. The van der Waals surface area contributed by atoms with Gasteiger partial charge in [-0.1, -0.05) is 20.8 Å². The van der Waals surface area contributed by atoms with Gasteiger partial charge >= 0.3 is 0 Å². The number of hydrogen-bond donors (Lipinski definition) is 1. The average Bonchev–Trinajstić information content (AvgIpc) is 2.62. The minimum absolute atomic E-state index is 0.172. The van der Waals surface area contributed by atoms with E-state index in [2.05, 4.69) is 0 Å². The predicted molar refractivity (Wildman–Crippen MR) is 45.1 cm³/mol.